The van der Waals surface area contributed by atoms with Gasteiger partial charge in [0.1, 0.15) is 6.04 Å². The van der Waals surface area contributed by atoms with E-state index in [4.69, 9.17) is 10.8 Å². The highest BCUT2D eigenvalue weighted by Crippen LogP contribution is 2.36. The average Bonchev–Trinajstić information content (AvgIpc) is 3.04. The van der Waals surface area contributed by atoms with Gasteiger partial charge >= 0.3 is 5.97 Å². The fourth-order valence-corrected chi connectivity index (χ4v) is 2.52. The third-order valence-corrected chi connectivity index (χ3v) is 4.44. The van der Waals surface area contributed by atoms with Crippen LogP contribution in [-0.4, -0.2) is 42.1 Å². The van der Waals surface area contributed by atoms with Gasteiger partial charge < -0.3 is 10.8 Å². The highest BCUT2D eigenvalue weighted by Gasteiger charge is 2.34. The van der Waals surface area contributed by atoms with Gasteiger partial charge in [0.15, 0.2) is 5.82 Å². The number of aromatic nitrogens is 4. The lowest BCUT2D eigenvalue weighted by molar-refractivity contribution is -0.139. The molecule has 0 unspecified atom stereocenters. The summed E-state index contributed by atoms with van der Waals surface area (Å²) in [5, 5.41) is 20.5. The first-order valence-electron chi connectivity index (χ1n) is 5.81. The van der Waals surface area contributed by atoms with Gasteiger partial charge in [-0.05, 0) is 37.1 Å². The molecule has 1 aliphatic carbocycles. The lowest BCUT2D eigenvalue weighted by Gasteiger charge is -2.27. The zero-order chi connectivity index (χ0) is 13.3. The number of nitrogens with zero attached hydrogens (tertiary/aromatic N) is 4. The van der Waals surface area contributed by atoms with Crippen LogP contribution in [0.25, 0.3) is 0 Å². The molecule has 8 heteroatoms. The average molecular weight is 271 g/mol. The monoisotopic (exact) mass is 271 g/mol. The number of carbonyl (C=O) groups is 1. The van der Waals surface area contributed by atoms with Crippen molar-refractivity contribution in [2.24, 2.45) is 5.73 Å². The van der Waals surface area contributed by atoms with Crippen molar-refractivity contribution < 1.29 is 9.90 Å². The molecule has 0 spiro atoms. The Morgan fingerprint density at radius 2 is 2.33 bits per heavy atom. The summed E-state index contributed by atoms with van der Waals surface area (Å²) in [7, 11) is 0. The fraction of sp³-hybridized carbons (Fsp3) is 0.800. The third-order valence-electron chi connectivity index (χ3n) is 3.04. The highest BCUT2D eigenvalue weighted by molar-refractivity contribution is 7.99. The van der Waals surface area contributed by atoms with Crippen LogP contribution >= 0.6 is 11.8 Å². The number of hydrogen-bond donors (Lipinski definition) is 2. The van der Waals surface area contributed by atoms with Crippen molar-refractivity contribution >= 4 is 17.7 Å². The summed E-state index contributed by atoms with van der Waals surface area (Å²) < 4.78 is 1.27. The molecule has 1 saturated carbocycles. The van der Waals surface area contributed by atoms with Gasteiger partial charge in [-0.3, -0.25) is 4.79 Å². The number of hydrogen-bond acceptors (Lipinski definition) is 6. The first kappa shape index (κ1) is 13.3. The van der Waals surface area contributed by atoms with Crippen molar-refractivity contribution in [2.45, 2.75) is 49.3 Å². The number of aliphatic carboxylic acids is 1. The normalized spacial score (nSPS) is 17.7. The molecule has 7 nitrogen and oxygen atoms in total. The number of thioether (sulfide) groups is 1. The first-order chi connectivity index (χ1) is 8.42. The van der Waals surface area contributed by atoms with Gasteiger partial charge in [-0.15, -0.1) is 16.9 Å². The molecular formula is C10H17N5O2S. The summed E-state index contributed by atoms with van der Waals surface area (Å²) in [4.78, 5) is 10.9. The van der Waals surface area contributed by atoms with Gasteiger partial charge in [0.2, 0.25) is 0 Å². The maximum atomic E-state index is 10.9. The molecule has 2 rings (SSSR count). The molecule has 1 aromatic heterocycles. The topological polar surface area (TPSA) is 107 Å². The number of carboxylic acids is 1. The minimum Gasteiger partial charge on any atom is -0.480 e. The van der Waals surface area contributed by atoms with E-state index >= 15 is 0 Å². The van der Waals surface area contributed by atoms with E-state index in [1.807, 2.05) is 18.5 Å². The molecule has 100 valence electrons. The van der Waals surface area contributed by atoms with Crippen molar-refractivity contribution in [1.29, 1.82) is 0 Å². The maximum absolute atomic E-state index is 10.9. The Kier molecular flexibility index (Phi) is 3.58. The third kappa shape index (κ3) is 2.81. The lowest BCUT2D eigenvalue weighted by Crippen LogP contribution is -2.46. The molecule has 1 fully saturated rings. The van der Waals surface area contributed by atoms with E-state index in [9.17, 15) is 4.79 Å². The summed E-state index contributed by atoms with van der Waals surface area (Å²) in [6.45, 7) is 3.64. The molecule has 1 aromatic rings. The van der Waals surface area contributed by atoms with Gasteiger partial charge in [-0.2, -0.15) is 0 Å². The maximum Gasteiger partial charge on any atom is 0.321 e. The van der Waals surface area contributed by atoms with Crippen LogP contribution in [0.5, 0.6) is 0 Å². The number of carboxylic acid groups (broad SMARTS) is 1. The minimum absolute atomic E-state index is 0.423. The Morgan fingerprint density at radius 3 is 2.89 bits per heavy atom. The van der Waals surface area contributed by atoms with Crippen molar-refractivity contribution in [2.75, 3.05) is 0 Å². The van der Waals surface area contributed by atoms with E-state index in [1.54, 1.807) is 0 Å². The van der Waals surface area contributed by atoms with E-state index in [0.29, 0.717) is 11.8 Å². The largest absolute Gasteiger partial charge is 0.480 e. The highest BCUT2D eigenvalue weighted by atomic mass is 32.2. The first-order valence-corrected chi connectivity index (χ1v) is 6.79. The van der Waals surface area contributed by atoms with E-state index in [1.165, 1.54) is 11.8 Å². The molecule has 1 heterocycles. The van der Waals surface area contributed by atoms with Gasteiger partial charge in [0.05, 0.1) is 11.8 Å². The molecule has 0 radical (unpaired) electrons. The number of rotatable bonds is 6. The molecule has 18 heavy (non-hydrogen) atoms. The fourth-order valence-electron chi connectivity index (χ4n) is 1.55. The number of tetrazole rings is 1. The van der Waals surface area contributed by atoms with E-state index in [2.05, 4.69) is 15.5 Å². The molecule has 0 amide bonds. The van der Waals surface area contributed by atoms with Gasteiger partial charge in [0.25, 0.3) is 0 Å². The molecule has 0 aromatic carbocycles. The van der Waals surface area contributed by atoms with Crippen molar-refractivity contribution in [3.63, 3.8) is 0 Å². The Morgan fingerprint density at radius 1 is 1.67 bits per heavy atom. The number of nitrogens with two attached hydrogens (primary N) is 1. The molecule has 0 saturated heterocycles. The van der Waals surface area contributed by atoms with Gasteiger partial charge in [-0.1, -0.05) is 0 Å². The Hall–Kier alpha value is -1.15. The smallest absolute Gasteiger partial charge is 0.321 e. The second-order valence-corrected chi connectivity index (χ2v) is 6.61. The summed E-state index contributed by atoms with van der Waals surface area (Å²) in [6, 6.07) is -0.486. The second kappa shape index (κ2) is 4.85. The molecular weight excluding hydrogens is 254 g/mol. The van der Waals surface area contributed by atoms with Crippen molar-refractivity contribution in [3.05, 3.63) is 5.82 Å². The van der Waals surface area contributed by atoms with Crippen LogP contribution in [0.4, 0.5) is 0 Å². The molecule has 1 aliphatic rings. The van der Waals surface area contributed by atoms with Crippen molar-refractivity contribution in [1.82, 2.24) is 20.2 Å². The molecule has 3 N–H and O–H groups in total. The second-order valence-electron chi connectivity index (χ2n) is 4.98. The van der Waals surface area contributed by atoms with Crippen LogP contribution in [0.2, 0.25) is 0 Å². The molecule has 0 bridgehead atoms. The molecule has 1 atom stereocenters. The van der Waals surface area contributed by atoms with E-state index in [0.717, 1.165) is 18.7 Å². The van der Waals surface area contributed by atoms with Crippen LogP contribution in [0.3, 0.4) is 0 Å². The van der Waals surface area contributed by atoms with Crippen LogP contribution in [0.1, 0.15) is 38.6 Å². The summed E-state index contributed by atoms with van der Waals surface area (Å²) in [6.07, 6.45) is 2.22. The zero-order valence-electron chi connectivity index (χ0n) is 10.4. The minimum atomic E-state index is -0.991. The Labute approximate surface area is 109 Å². The van der Waals surface area contributed by atoms with E-state index in [-0.39, 0.29) is 0 Å². The predicted molar refractivity (Wildman–Crippen MR) is 67.1 cm³/mol. The van der Waals surface area contributed by atoms with Crippen LogP contribution in [-0.2, 0) is 10.5 Å². The molecule has 0 aliphatic heterocycles. The predicted octanol–water partition coefficient (Wildman–Crippen LogP) is 0.432. The van der Waals surface area contributed by atoms with Crippen LogP contribution in [0, 0.1) is 0 Å². The summed E-state index contributed by atoms with van der Waals surface area (Å²) in [5.74, 6) is 0.361. The Bertz CT molecular complexity index is 443. The van der Waals surface area contributed by atoms with Crippen LogP contribution < -0.4 is 5.73 Å². The van der Waals surface area contributed by atoms with Gasteiger partial charge in [-0.25, -0.2) is 4.68 Å². The van der Waals surface area contributed by atoms with E-state index < -0.39 is 16.8 Å². The SMILES string of the molecule is CC(C)(SCc1nnnn1C1CC1)[C@H](N)C(=O)O. The summed E-state index contributed by atoms with van der Waals surface area (Å²) in [5.41, 5.74) is 5.67. The quantitative estimate of drug-likeness (QED) is 0.772. The van der Waals surface area contributed by atoms with Crippen LogP contribution in [0.15, 0.2) is 0 Å². The zero-order valence-corrected chi connectivity index (χ0v) is 11.2. The Balaban J connectivity index is 1.98. The lowest BCUT2D eigenvalue weighted by atomic mass is 10.1. The van der Waals surface area contributed by atoms with Gasteiger partial charge in [0, 0.05) is 4.75 Å². The standard InChI is InChI=1S/C10H17N5O2S/c1-10(2,8(11)9(16)17)18-5-7-12-13-14-15(7)6-3-4-6/h6,8H,3-5,11H2,1-2H3,(H,16,17)/t8-/m1/s1. The summed E-state index contributed by atoms with van der Waals surface area (Å²) >= 11 is 1.46. The van der Waals surface area contributed by atoms with Crippen molar-refractivity contribution in [3.8, 4) is 0 Å².